The van der Waals surface area contributed by atoms with E-state index in [0.29, 0.717) is 11.1 Å². The van der Waals surface area contributed by atoms with Gasteiger partial charge in [0.2, 0.25) is 0 Å². The maximum absolute atomic E-state index is 15.8. The van der Waals surface area contributed by atoms with E-state index in [1.807, 2.05) is 182 Å². The number of carbonyl (C=O) groups is 4. The molecule has 0 spiro atoms. The molecular formula is C82H81N5O17. The molecule has 0 N–H and O–H groups in total. The molecule has 0 aromatic heterocycles. The van der Waals surface area contributed by atoms with Gasteiger partial charge in [-0.3, -0.25) is 29.0 Å². The highest BCUT2D eigenvalue weighted by Crippen LogP contribution is 2.43. The number of hydrogen-bond donors (Lipinski definition) is 0. The first-order valence-electron chi connectivity index (χ1n) is 34.7. The van der Waals surface area contributed by atoms with Crippen LogP contribution in [0.25, 0.3) is 10.4 Å². The predicted octanol–water partition coefficient (Wildman–Crippen LogP) is 12.1. The molecule has 0 aliphatic carbocycles. The molecule has 22 nitrogen and oxygen atoms in total. The summed E-state index contributed by atoms with van der Waals surface area (Å²) in [6, 6.07) is 66.2. The van der Waals surface area contributed by atoms with E-state index in [9.17, 15) is 5.53 Å². The van der Waals surface area contributed by atoms with Crippen LogP contribution in [-0.4, -0.2) is 158 Å². The second-order valence-electron chi connectivity index (χ2n) is 25.5. The van der Waals surface area contributed by atoms with E-state index < -0.39 is 116 Å². The van der Waals surface area contributed by atoms with E-state index in [4.69, 9.17) is 61.6 Å². The number of nitrogens with zero attached hydrogens (tertiary/aromatic N) is 5. The normalized spacial score (nSPS) is 25.8. The minimum atomic E-state index is -1.80. The Morgan fingerprint density at radius 3 is 1.10 bits per heavy atom. The number of benzene rings is 8. The molecule has 5 aliphatic rings. The lowest BCUT2D eigenvalue weighted by Gasteiger charge is -2.53. The molecule has 104 heavy (non-hydrogen) atoms. The van der Waals surface area contributed by atoms with Gasteiger partial charge in [0.05, 0.1) is 94.9 Å². The Morgan fingerprint density at radius 1 is 0.356 bits per heavy atom. The number of imide groups is 2. The van der Waals surface area contributed by atoms with Gasteiger partial charge in [0.25, 0.3) is 23.6 Å². The first-order chi connectivity index (χ1) is 51.2. The van der Waals surface area contributed by atoms with E-state index in [1.54, 1.807) is 48.6 Å². The Balaban J connectivity index is 0.980. The Hall–Kier alpha value is -9.69. The van der Waals surface area contributed by atoms with Gasteiger partial charge in [-0.2, -0.15) is 0 Å². The number of rotatable bonds is 34. The third-order valence-corrected chi connectivity index (χ3v) is 18.7. The van der Waals surface area contributed by atoms with Crippen molar-refractivity contribution in [3.05, 3.63) is 322 Å². The molecule has 0 radical (unpaired) electrons. The monoisotopic (exact) mass is 1410 g/mol. The number of carbonyl (C=O) groups excluding carboxylic acids is 4. The highest BCUT2D eigenvalue weighted by atomic mass is 16.8. The number of amides is 4. The van der Waals surface area contributed by atoms with Crippen LogP contribution in [0.1, 0.15) is 74.8 Å². The second kappa shape index (κ2) is 35.7. The minimum absolute atomic E-state index is 0.0352. The maximum Gasteiger partial charge on any atom is 0.262 e. The van der Waals surface area contributed by atoms with Gasteiger partial charge in [0, 0.05) is 4.91 Å². The molecule has 0 saturated carbocycles. The average Bonchev–Trinajstić information content (AvgIpc) is 1.56. The molecule has 8 aromatic rings. The first kappa shape index (κ1) is 72.7. The van der Waals surface area contributed by atoms with E-state index in [-0.39, 0.29) is 94.9 Å². The molecule has 5 heterocycles. The Morgan fingerprint density at radius 2 is 0.683 bits per heavy atom. The van der Waals surface area contributed by atoms with Crippen molar-refractivity contribution in [1.82, 2.24) is 9.80 Å². The molecule has 13 rings (SSSR count). The zero-order valence-corrected chi connectivity index (χ0v) is 57.1. The zero-order chi connectivity index (χ0) is 71.6. The van der Waals surface area contributed by atoms with E-state index in [2.05, 4.69) is 23.2 Å². The van der Waals surface area contributed by atoms with Crippen molar-refractivity contribution in [2.75, 3.05) is 33.0 Å². The second-order valence-corrected chi connectivity index (χ2v) is 25.5. The van der Waals surface area contributed by atoms with Gasteiger partial charge in [0.1, 0.15) is 73.1 Å². The van der Waals surface area contributed by atoms with Crippen molar-refractivity contribution in [1.29, 1.82) is 0 Å². The van der Waals surface area contributed by atoms with Crippen molar-refractivity contribution in [3.8, 4) is 0 Å². The van der Waals surface area contributed by atoms with Crippen LogP contribution in [0.2, 0.25) is 0 Å². The SMILES string of the molecule is C=CCOC[C@H]1O[C@@H](O[C@H]2[C@H](OCc3ccccc3)[C@@H](N3C(=O)c4ccccc4C3=O)[C@H](O[C@H]3[C@H](OCc4ccccc4)[C@@H](N4C(=O)c5ccccc5C4=O)[C@H](N=[N+]=[N-])O[C@@H]3COCc3ccccc3)O[C@@H]2COCc2ccccc2)[C@@H](OCc2ccccc2)[C@@H](OCC=C)[C@@H]1OCc1ccccc1. The van der Waals surface area contributed by atoms with Crippen LogP contribution < -0.4 is 0 Å². The van der Waals surface area contributed by atoms with Crippen LogP contribution in [0.3, 0.4) is 0 Å². The molecule has 5 aliphatic heterocycles. The van der Waals surface area contributed by atoms with Crippen LogP contribution in [-0.2, 0) is 101 Å². The van der Waals surface area contributed by atoms with Crippen LogP contribution in [0.4, 0.5) is 0 Å². The fraction of sp³-hybridized carbons (Fsp3) is 0.317. The minimum Gasteiger partial charge on any atom is -0.375 e. The third kappa shape index (κ3) is 17.1. The van der Waals surface area contributed by atoms with Crippen molar-refractivity contribution >= 4 is 23.6 Å². The first-order valence-corrected chi connectivity index (χ1v) is 34.7. The molecule has 8 aromatic carbocycles. The molecule has 0 unspecified atom stereocenters. The Labute approximate surface area is 603 Å². The number of ether oxygens (including phenoxy) is 13. The molecule has 536 valence electrons. The summed E-state index contributed by atoms with van der Waals surface area (Å²) in [5.74, 6) is -2.89. The van der Waals surface area contributed by atoms with Gasteiger partial charge >= 0.3 is 0 Å². The molecular weight excluding hydrogens is 1330 g/mol. The fourth-order valence-electron chi connectivity index (χ4n) is 13.8. The largest absolute Gasteiger partial charge is 0.375 e. The quantitative estimate of drug-likeness (QED) is 0.00908. The molecule has 22 heteroatoms. The van der Waals surface area contributed by atoms with Gasteiger partial charge in [-0.15, -0.1) is 13.2 Å². The van der Waals surface area contributed by atoms with Crippen LogP contribution in [0.5, 0.6) is 0 Å². The number of hydrogen-bond acceptors (Lipinski definition) is 18. The summed E-state index contributed by atoms with van der Waals surface area (Å²) < 4.78 is 91.9. The summed E-state index contributed by atoms with van der Waals surface area (Å²) >= 11 is 0. The molecule has 0 bridgehead atoms. The molecule has 15 atom stereocenters. The average molecular weight is 1410 g/mol. The Bertz CT molecular complexity index is 4130. The van der Waals surface area contributed by atoms with Gasteiger partial charge in [-0.1, -0.05) is 224 Å². The Kier molecular flexibility index (Phi) is 24.9. The molecule has 4 amide bonds. The van der Waals surface area contributed by atoms with E-state index in [1.165, 1.54) is 12.1 Å². The number of azide groups is 1. The third-order valence-electron chi connectivity index (χ3n) is 18.7. The summed E-state index contributed by atoms with van der Waals surface area (Å²) in [6.07, 6.45) is -14.1. The lowest BCUT2D eigenvalue weighted by Crippen LogP contribution is -2.71. The standard InChI is InChI=1S/C82H81N5O17/c1-3-43-92-51-64-69(96-47-56-31-15-7-16-32-56)74(95-44-4-2)75(99-50-59-37-21-10-22-38-59)82(102-64)104-71-66(53-94-46-55-29-13-6-14-30-55)101-81(68(73(71)98-49-58-35-19-9-20-36-58)87-79(90)62-41-25-26-42-63(62)80(87)91)103-70-65(52-93-45-54-27-11-5-12-28-54)100-76(84-85-83)67(72(70)97-48-57-33-17-8-18-34-57)86-77(88)60-39-23-24-40-61(60)78(86)89/h3-42,64-76,81-82H,1-2,43-53H2/t64-,65-,66-,67-,68-,69-,70-,71-,72-,73-,74+,75+,76-,81+,82+/m1/s1. The maximum atomic E-state index is 15.8. The smallest absolute Gasteiger partial charge is 0.262 e. The lowest BCUT2D eigenvalue weighted by atomic mass is 9.92. The molecule has 3 saturated heterocycles. The summed E-state index contributed by atoms with van der Waals surface area (Å²) in [4.78, 5) is 67.0. The lowest BCUT2D eigenvalue weighted by molar-refractivity contribution is -0.375. The summed E-state index contributed by atoms with van der Waals surface area (Å²) in [5, 5.41) is 4.16. The van der Waals surface area contributed by atoms with Crippen molar-refractivity contribution < 1.29 is 80.8 Å². The number of fused-ring (bicyclic) bond motifs is 2. The highest BCUT2D eigenvalue weighted by Gasteiger charge is 2.61. The van der Waals surface area contributed by atoms with Gasteiger partial charge < -0.3 is 61.6 Å². The fourth-order valence-corrected chi connectivity index (χ4v) is 13.8. The van der Waals surface area contributed by atoms with Gasteiger partial charge in [-0.25, -0.2) is 0 Å². The van der Waals surface area contributed by atoms with Crippen LogP contribution in [0, 0.1) is 0 Å². The van der Waals surface area contributed by atoms with E-state index >= 15 is 19.2 Å². The van der Waals surface area contributed by atoms with Crippen molar-refractivity contribution in [2.45, 2.75) is 132 Å². The zero-order valence-electron chi connectivity index (χ0n) is 57.1. The van der Waals surface area contributed by atoms with Crippen LogP contribution >= 0.6 is 0 Å². The summed E-state index contributed by atoms with van der Waals surface area (Å²) in [7, 11) is 0. The van der Waals surface area contributed by atoms with Crippen molar-refractivity contribution in [3.63, 3.8) is 0 Å². The topological polar surface area (TPSA) is 244 Å². The van der Waals surface area contributed by atoms with Crippen LogP contribution in [0.15, 0.2) is 261 Å². The molecule has 3 fully saturated rings. The van der Waals surface area contributed by atoms with Gasteiger partial charge in [-0.05, 0) is 63.2 Å². The highest BCUT2D eigenvalue weighted by molar-refractivity contribution is 6.22. The summed E-state index contributed by atoms with van der Waals surface area (Å²) in [6.45, 7) is 7.51. The van der Waals surface area contributed by atoms with Gasteiger partial charge in [0.15, 0.2) is 18.8 Å². The predicted molar refractivity (Wildman–Crippen MR) is 380 cm³/mol. The van der Waals surface area contributed by atoms with Crippen molar-refractivity contribution in [2.24, 2.45) is 5.11 Å². The summed E-state index contributed by atoms with van der Waals surface area (Å²) in [5.41, 5.74) is 15.5. The van der Waals surface area contributed by atoms with E-state index in [0.717, 1.165) is 32.1 Å².